The first kappa shape index (κ1) is 11.8. The Bertz CT molecular complexity index is 421. The number of carbonyl (C=O) groups excluding carboxylic acids is 2. The van der Waals surface area contributed by atoms with Crippen molar-refractivity contribution in [2.75, 3.05) is 20.1 Å². The largest absolute Gasteiger partial charge is 0.620 e. The average Bonchev–Trinajstić information content (AvgIpc) is 2.87. The van der Waals surface area contributed by atoms with Crippen LogP contribution in [0.3, 0.4) is 0 Å². The molecule has 2 rings (SSSR count). The molecule has 0 radical (unpaired) electrons. The molecule has 1 fully saturated rings. The second-order valence-corrected chi connectivity index (χ2v) is 3.88. The number of ketones is 1. The predicted molar refractivity (Wildman–Crippen MR) is 56.2 cm³/mol. The van der Waals surface area contributed by atoms with Gasteiger partial charge in [0.25, 0.3) is 0 Å². The Morgan fingerprint density at radius 1 is 1.76 bits per heavy atom. The number of hydrogen-bond acceptors (Lipinski definition) is 7. The topological polar surface area (TPSA) is 92.9 Å². The second-order valence-electron chi connectivity index (χ2n) is 3.88. The zero-order chi connectivity index (χ0) is 12.4. The first-order chi connectivity index (χ1) is 8.08. The van der Waals surface area contributed by atoms with E-state index in [-0.39, 0.29) is 18.1 Å². The van der Waals surface area contributed by atoms with Crippen LogP contribution < -0.4 is 5.79 Å². The molecule has 1 atom stereocenters. The number of likely N-dealkylation sites (tertiary alicyclic amines) is 1. The molecule has 0 aromatic carbocycles. The lowest BCUT2D eigenvalue weighted by Gasteiger charge is -2.10. The number of nitrogens with zero attached hydrogens (tertiary/aromatic N) is 2. The summed E-state index contributed by atoms with van der Waals surface area (Å²) in [5, 5.41) is 9.47. The van der Waals surface area contributed by atoms with Crippen LogP contribution in [0.15, 0.2) is 16.9 Å². The van der Waals surface area contributed by atoms with Gasteiger partial charge < -0.3 is 14.1 Å². The maximum Gasteiger partial charge on any atom is 0.620 e. The van der Waals surface area contributed by atoms with E-state index >= 15 is 0 Å². The molecule has 1 N–H and O–H groups in total. The van der Waals surface area contributed by atoms with Crippen molar-refractivity contribution in [3.8, 4) is 0 Å². The van der Waals surface area contributed by atoms with Crippen LogP contribution in [0, 0.1) is 5.92 Å². The van der Waals surface area contributed by atoms with Gasteiger partial charge in [0.15, 0.2) is 5.78 Å². The smallest absolute Gasteiger partial charge is 0.502 e. The number of rotatable bonds is 3. The van der Waals surface area contributed by atoms with Crippen LogP contribution in [-0.4, -0.2) is 53.9 Å². The number of hydrogen-bond donors (Lipinski definition) is 1. The third-order valence-corrected chi connectivity index (χ3v) is 2.48. The van der Waals surface area contributed by atoms with E-state index in [0.29, 0.717) is 6.54 Å². The number of Topliss-reactive ketones (excluding diaryl/α,β-unsaturated/α-hetero) is 1. The minimum atomic E-state index is -1.57. The molecule has 0 amide bonds. The third kappa shape index (κ3) is 2.53. The molecule has 1 saturated heterocycles. The normalized spacial score (nSPS) is 20.6. The molecule has 0 aliphatic carbocycles. The van der Waals surface area contributed by atoms with Crippen molar-refractivity contribution in [2.24, 2.45) is 5.92 Å². The first-order valence-corrected chi connectivity index (χ1v) is 5.07. The van der Waals surface area contributed by atoms with Crippen LogP contribution in [0.5, 0.6) is 0 Å². The summed E-state index contributed by atoms with van der Waals surface area (Å²) in [5.74, 6) is -1.93. The highest BCUT2D eigenvalue weighted by atomic mass is 16.6. The van der Waals surface area contributed by atoms with Crippen molar-refractivity contribution in [2.45, 2.75) is 0 Å². The number of aromatic nitrogens is 1. The molecule has 90 valence electrons. The van der Waals surface area contributed by atoms with Gasteiger partial charge in [-0.05, 0) is 7.05 Å². The molecule has 1 unspecified atom stereocenters. The van der Waals surface area contributed by atoms with Crippen molar-refractivity contribution in [3.63, 3.8) is 0 Å². The Morgan fingerprint density at radius 2 is 2.53 bits per heavy atom. The number of likely N-dealkylation sites (N-methyl/N-ethyl adjacent to an activating group) is 1. The molecule has 2 heterocycles. The SMILES string of the molecule is CN1CC(=O)C(C(=O)OB(O)c2ncco2)C1. The summed E-state index contributed by atoms with van der Waals surface area (Å²) in [6, 6.07) is 0. The summed E-state index contributed by atoms with van der Waals surface area (Å²) in [5.41, 5.74) is 0. The van der Waals surface area contributed by atoms with Crippen LogP contribution in [0.25, 0.3) is 0 Å². The maximum absolute atomic E-state index is 11.6. The molecule has 0 saturated carbocycles. The minimum Gasteiger partial charge on any atom is -0.502 e. The van der Waals surface area contributed by atoms with Gasteiger partial charge in [0.1, 0.15) is 12.2 Å². The minimum absolute atomic E-state index is 0.114. The van der Waals surface area contributed by atoms with Crippen molar-refractivity contribution in [3.05, 3.63) is 12.5 Å². The van der Waals surface area contributed by atoms with Gasteiger partial charge in [0.2, 0.25) is 5.79 Å². The van der Waals surface area contributed by atoms with Gasteiger partial charge in [-0.25, -0.2) is 4.98 Å². The molecule has 0 spiro atoms. The van der Waals surface area contributed by atoms with E-state index in [4.69, 9.17) is 9.07 Å². The molecule has 0 bridgehead atoms. The summed E-state index contributed by atoms with van der Waals surface area (Å²) < 4.78 is 9.48. The lowest BCUT2D eigenvalue weighted by Crippen LogP contribution is -2.40. The Labute approximate surface area is 97.5 Å². The van der Waals surface area contributed by atoms with Crippen molar-refractivity contribution >= 4 is 24.7 Å². The molecule has 7 nitrogen and oxygen atoms in total. The highest BCUT2D eigenvalue weighted by Crippen LogP contribution is 2.12. The molecule has 1 aromatic heterocycles. The Morgan fingerprint density at radius 3 is 3.06 bits per heavy atom. The lowest BCUT2D eigenvalue weighted by atomic mass is 9.90. The van der Waals surface area contributed by atoms with E-state index in [0.717, 1.165) is 0 Å². The van der Waals surface area contributed by atoms with E-state index in [1.165, 1.54) is 12.5 Å². The summed E-state index contributed by atoms with van der Waals surface area (Å²) in [6.07, 6.45) is 2.57. The van der Waals surface area contributed by atoms with Gasteiger partial charge >= 0.3 is 13.1 Å². The lowest BCUT2D eigenvalue weighted by molar-refractivity contribution is -0.143. The van der Waals surface area contributed by atoms with E-state index in [1.54, 1.807) is 11.9 Å². The summed E-state index contributed by atoms with van der Waals surface area (Å²) >= 11 is 0. The van der Waals surface area contributed by atoms with Crippen molar-refractivity contribution < 1.29 is 23.7 Å². The third-order valence-electron chi connectivity index (χ3n) is 2.48. The maximum atomic E-state index is 11.6. The average molecular weight is 238 g/mol. The second kappa shape index (κ2) is 4.68. The van der Waals surface area contributed by atoms with Gasteiger partial charge in [-0.15, -0.1) is 0 Å². The molecular weight excluding hydrogens is 227 g/mol. The van der Waals surface area contributed by atoms with Gasteiger partial charge in [0.05, 0.1) is 12.7 Å². The Kier molecular flexibility index (Phi) is 3.25. The first-order valence-electron chi connectivity index (χ1n) is 5.07. The highest BCUT2D eigenvalue weighted by molar-refractivity contribution is 6.59. The van der Waals surface area contributed by atoms with Gasteiger partial charge in [0, 0.05) is 6.54 Å². The molecule has 1 aliphatic heterocycles. The predicted octanol–water partition coefficient (Wildman–Crippen LogP) is -1.96. The summed E-state index contributed by atoms with van der Waals surface area (Å²) in [7, 11) is 0.159. The van der Waals surface area contributed by atoms with Crippen LogP contribution in [0.1, 0.15) is 0 Å². The van der Waals surface area contributed by atoms with E-state index in [2.05, 4.69) is 4.98 Å². The standard InChI is InChI=1S/C9H11BN2O5/c1-12-4-6(7(13)5-12)8(14)17-10(15)9-11-2-3-16-9/h2-3,6,15H,4-5H2,1H3. The van der Waals surface area contributed by atoms with Crippen LogP contribution in [0.4, 0.5) is 0 Å². The van der Waals surface area contributed by atoms with E-state index < -0.39 is 19.0 Å². The van der Waals surface area contributed by atoms with Gasteiger partial charge in [-0.1, -0.05) is 0 Å². The fourth-order valence-corrected chi connectivity index (χ4v) is 1.66. The Balaban J connectivity index is 1.95. The zero-order valence-corrected chi connectivity index (χ0v) is 9.20. The van der Waals surface area contributed by atoms with Crippen LogP contribution in [0.2, 0.25) is 0 Å². The molecule has 1 aliphatic rings. The number of carbonyl (C=O) groups is 2. The molecule has 17 heavy (non-hydrogen) atoms. The van der Waals surface area contributed by atoms with E-state index in [9.17, 15) is 14.6 Å². The zero-order valence-electron chi connectivity index (χ0n) is 9.20. The fraction of sp³-hybridized carbons (Fsp3) is 0.444. The number of oxazole rings is 1. The monoisotopic (exact) mass is 238 g/mol. The van der Waals surface area contributed by atoms with Crippen LogP contribution >= 0.6 is 0 Å². The molecule has 8 heteroatoms. The summed E-state index contributed by atoms with van der Waals surface area (Å²) in [4.78, 5) is 28.4. The summed E-state index contributed by atoms with van der Waals surface area (Å²) in [6.45, 7) is 0.519. The Hall–Kier alpha value is -1.67. The van der Waals surface area contributed by atoms with Gasteiger partial charge in [-0.3, -0.25) is 14.5 Å². The van der Waals surface area contributed by atoms with Crippen LogP contribution in [-0.2, 0) is 14.2 Å². The molecule has 1 aromatic rings. The van der Waals surface area contributed by atoms with Gasteiger partial charge in [-0.2, -0.15) is 0 Å². The quantitative estimate of drug-likeness (QED) is 0.482. The highest BCUT2D eigenvalue weighted by Gasteiger charge is 2.38. The molecular formula is C9H11BN2O5. The van der Waals surface area contributed by atoms with Crippen molar-refractivity contribution in [1.29, 1.82) is 0 Å². The van der Waals surface area contributed by atoms with Crippen molar-refractivity contribution in [1.82, 2.24) is 9.88 Å². The van der Waals surface area contributed by atoms with E-state index in [1.807, 2.05) is 0 Å². The fourth-order valence-electron chi connectivity index (χ4n) is 1.66.